The molecule has 1 aliphatic rings. The number of nitrogens with zero attached hydrogens (tertiary/aromatic N) is 1. The lowest BCUT2D eigenvalue weighted by Gasteiger charge is -2.22. The Hall–Kier alpha value is -0.150. The summed E-state index contributed by atoms with van der Waals surface area (Å²) in [5.41, 5.74) is 1.64. The number of hydrazine groups is 1. The Bertz CT molecular complexity index is 61.4. The van der Waals surface area contributed by atoms with Gasteiger partial charge < -0.3 is 0 Å². The molecule has 0 bridgehead atoms. The lowest BCUT2D eigenvalue weighted by atomic mass is 10.2. The monoisotopic (exact) mass is 118 g/mol. The van der Waals surface area contributed by atoms with E-state index < -0.39 is 0 Å². The zero-order valence-electron chi connectivity index (χ0n) is 4.86. The minimum Gasteiger partial charge on any atom is -0.217 e. The summed E-state index contributed by atoms with van der Waals surface area (Å²) in [4.78, 5) is 0. The summed E-state index contributed by atoms with van der Waals surface area (Å²) in [6, 6.07) is 0. The average molecular weight is 118 g/mol. The van der Waals surface area contributed by atoms with Crippen molar-refractivity contribution in [1.82, 2.24) is 10.7 Å². The second-order valence-corrected chi connectivity index (χ2v) is 2.13. The molecule has 8 heavy (non-hydrogen) atoms. The Morgan fingerprint density at radius 1 is 1.12 bits per heavy atom. The summed E-state index contributed by atoms with van der Waals surface area (Å²) < 4.78 is 11.6. The standard InChI is InChI=1S/C5H11FN2/c6-7-8-4-2-1-3-5-8/h7H,1-5H2. The van der Waals surface area contributed by atoms with Gasteiger partial charge in [0.1, 0.15) is 0 Å². The Balaban J connectivity index is 2.13. The molecule has 0 aromatic heterocycles. The zero-order valence-corrected chi connectivity index (χ0v) is 4.86. The molecule has 1 fully saturated rings. The van der Waals surface area contributed by atoms with Crippen LogP contribution in [0.5, 0.6) is 0 Å². The van der Waals surface area contributed by atoms with E-state index in [2.05, 4.69) is 0 Å². The van der Waals surface area contributed by atoms with Crippen LogP contribution in [0.15, 0.2) is 0 Å². The van der Waals surface area contributed by atoms with E-state index in [9.17, 15) is 4.48 Å². The van der Waals surface area contributed by atoms with Crippen LogP contribution >= 0.6 is 0 Å². The first-order valence-corrected chi connectivity index (χ1v) is 3.05. The molecule has 1 aliphatic heterocycles. The summed E-state index contributed by atoms with van der Waals surface area (Å²) in [6.07, 6.45) is 3.49. The lowest BCUT2D eigenvalue weighted by molar-refractivity contribution is 0.0457. The molecule has 1 saturated heterocycles. The van der Waals surface area contributed by atoms with Crippen molar-refractivity contribution in [2.45, 2.75) is 19.3 Å². The van der Waals surface area contributed by atoms with E-state index in [1.807, 2.05) is 0 Å². The van der Waals surface area contributed by atoms with Crippen molar-refractivity contribution >= 4 is 0 Å². The first-order chi connectivity index (χ1) is 3.93. The van der Waals surface area contributed by atoms with Crippen LogP contribution in [0.4, 0.5) is 4.48 Å². The van der Waals surface area contributed by atoms with E-state index in [-0.39, 0.29) is 0 Å². The number of nitrogens with one attached hydrogen (secondary N) is 1. The van der Waals surface area contributed by atoms with Gasteiger partial charge in [-0.25, -0.2) is 5.01 Å². The minimum atomic E-state index is 0.858. The van der Waals surface area contributed by atoms with E-state index in [1.165, 1.54) is 6.42 Å². The highest BCUT2D eigenvalue weighted by Crippen LogP contribution is 2.05. The molecule has 1 N–H and O–H groups in total. The fourth-order valence-electron chi connectivity index (χ4n) is 0.978. The van der Waals surface area contributed by atoms with Crippen molar-refractivity contribution in [3.63, 3.8) is 0 Å². The quantitative estimate of drug-likeness (QED) is 0.514. The summed E-state index contributed by atoms with van der Waals surface area (Å²) in [7, 11) is 0. The van der Waals surface area contributed by atoms with Gasteiger partial charge >= 0.3 is 0 Å². The van der Waals surface area contributed by atoms with Gasteiger partial charge in [-0.15, -0.1) is 4.48 Å². The molecule has 0 radical (unpaired) electrons. The molecule has 0 atom stereocenters. The van der Waals surface area contributed by atoms with E-state index in [1.54, 1.807) is 10.7 Å². The smallest absolute Gasteiger partial charge is 0.0155 e. The molecule has 2 nitrogen and oxygen atoms in total. The molecule has 0 spiro atoms. The van der Waals surface area contributed by atoms with Gasteiger partial charge in [-0.1, -0.05) is 12.1 Å². The van der Waals surface area contributed by atoms with Crippen LogP contribution in [-0.2, 0) is 0 Å². The molecule has 0 saturated carbocycles. The third kappa shape index (κ3) is 1.42. The van der Waals surface area contributed by atoms with Crippen LogP contribution < -0.4 is 5.65 Å². The molecule has 3 heteroatoms. The Morgan fingerprint density at radius 3 is 2.12 bits per heavy atom. The van der Waals surface area contributed by atoms with E-state index in [0.29, 0.717) is 0 Å². The zero-order chi connectivity index (χ0) is 5.82. The third-order valence-corrected chi connectivity index (χ3v) is 1.48. The molecule has 1 rings (SSSR count). The summed E-state index contributed by atoms with van der Waals surface area (Å²) in [6.45, 7) is 1.72. The largest absolute Gasteiger partial charge is 0.217 e. The molecular weight excluding hydrogens is 107 g/mol. The van der Waals surface area contributed by atoms with Crippen molar-refractivity contribution in [2.24, 2.45) is 0 Å². The topological polar surface area (TPSA) is 15.3 Å². The summed E-state index contributed by atoms with van der Waals surface area (Å²) in [5.74, 6) is 0. The van der Waals surface area contributed by atoms with Crippen molar-refractivity contribution in [3.8, 4) is 0 Å². The third-order valence-electron chi connectivity index (χ3n) is 1.48. The van der Waals surface area contributed by atoms with Crippen molar-refractivity contribution in [3.05, 3.63) is 0 Å². The predicted octanol–water partition coefficient (Wildman–Crippen LogP) is 0.861. The van der Waals surface area contributed by atoms with E-state index in [0.717, 1.165) is 25.9 Å². The molecule has 1 heterocycles. The Kier molecular flexibility index (Phi) is 2.24. The maximum Gasteiger partial charge on any atom is 0.0155 e. The fourth-order valence-corrected chi connectivity index (χ4v) is 0.978. The highest BCUT2D eigenvalue weighted by molar-refractivity contribution is 4.57. The summed E-state index contributed by atoms with van der Waals surface area (Å²) >= 11 is 0. The van der Waals surface area contributed by atoms with Crippen LogP contribution in [0.3, 0.4) is 0 Å². The molecule has 0 aromatic rings. The number of hydrogen-bond donors (Lipinski definition) is 1. The SMILES string of the molecule is FNN1CCCCC1. The van der Waals surface area contributed by atoms with Gasteiger partial charge in [-0.2, -0.15) is 0 Å². The van der Waals surface area contributed by atoms with Gasteiger partial charge in [-0.05, 0) is 12.8 Å². The molecule has 0 amide bonds. The van der Waals surface area contributed by atoms with Gasteiger partial charge in [0.25, 0.3) is 0 Å². The summed E-state index contributed by atoms with van der Waals surface area (Å²) in [5, 5.41) is 1.60. The molecule has 48 valence electrons. The molecule has 0 aliphatic carbocycles. The highest BCUT2D eigenvalue weighted by atomic mass is 19.2. The van der Waals surface area contributed by atoms with Gasteiger partial charge in [0.05, 0.1) is 0 Å². The van der Waals surface area contributed by atoms with Gasteiger partial charge in [0.15, 0.2) is 0 Å². The van der Waals surface area contributed by atoms with E-state index in [4.69, 9.17) is 0 Å². The van der Waals surface area contributed by atoms with Crippen molar-refractivity contribution in [2.75, 3.05) is 13.1 Å². The average Bonchev–Trinajstić information content (AvgIpc) is 1.90. The van der Waals surface area contributed by atoms with Crippen LogP contribution in [-0.4, -0.2) is 18.1 Å². The normalized spacial score (nSPS) is 23.6. The minimum absolute atomic E-state index is 0.858. The van der Waals surface area contributed by atoms with E-state index >= 15 is 0 Å². The number of hydrogen-bond acceptors (Lipinski definition) is 2. The predicted molar refractivity (Wildman–Crippen MR) is 29.7 cm³/mol. The maximum absolute atomic E-state index is 11.6. The van der Waals surface area contributed by atoms with Crippen LogP contribution in [0.25, 0.3) is 0 Å². The first-order valence-electron chi connectivity index (χ1n) is 3.05. The molecule has 0 unspecified atom stereocenters. The number of piperidine rings is 1. The second-order valence-electron chi connectivity index (χ2n) is 2.13. The molecular formula is C5H11FN2. The maximum atomic E-state index is 11.6. The second kappa shape index (κ2) is 2.99. The van der Waals surface area contributed by atoms with Crippen LogP contribution in [0.1, 0.15) is 19.3 Å². The van der Waals surface area contributed by atoms with Crippen LogP contribution in [0, 0.1) is 0 Å². The van der Waals surface area contributed by atoms with Crippen molar-refractivity contribution in [1.29, 1.82) is 0 Å². The van der Waals surface area contributed by atoms with Crippen molar-refractivity contribution < 1.29 is 4.48 Å². The number of halogens is 1. The molecule has 0 aromatic carbocycles. The fraction of sp³-hybridized carbons (Fsp3) is 1.00. The van der Waals surface area contributed by atoms with Crippen LogP contribution in [0.2, 0.25) is 0 Å². The number of rotatable bonds is 1. The van der Waals surface area contributed by atoms with Gasteiger partial charge in [0.2, 0.25) is 0 Å². The van der Waals surface area contributed by atoms with Gasteiger partial charge in [0, 0.05) is 13.1 Å². The Morgan fingerprint density at radius 2 is 1.75 bits per heavy atom. The Labute approximate surface area is 48.6 Å². The lowest BCUT2D eigenvalue weighted by Crippen LogP contribution is -2.36. The highest BCUT2D eigenvalue weighted by Gasteiger charge is 2.07. The van der Waals surface area contributed by atoms with Gasteiger partial charge in [-0.3, -0.25) is 0 Å². The first kappa shape index (κ1) is 5.98.